The topological polar surface area (TPSA) is 103 Å². The maximum Gasteiger partial charge on any atom is 0.253 e. The average molecular weight is 481 g/mol. The van der Waals surface area contributed by atoms with Crippen LogP contribution in [0.1, 0.15) is 16.8 Å². The number of hydrogen-bond acceptors (Lipinski definition) is 7. The van der Waals surface area contributed by atoms with Crippen molar-refractivity contribution >= 4 is 28.9 Å². The molecule has 5 heterocycles. The van der Waals surface area contributed by atoms with Gasteiger partial charge in [0.25, 0.3) is 5.91 Å². The number of nitrogens with zero attached hydrogens (tertiary/aromatic N) is 5. The standard InChI is InChI=1S/C23H18ClFN6O3/c24-16-7-19(22(28-10-16)14-1-3-20(25)27-9-14)33-13-18-8-17(30-34-18)11-29-23(32)15-2-4-21-26-5-6-31(21)12-15/h1-7,9-10,12,18H,8,11,13H2,(H,29,32). The van der Waals surface area contributed by atoms with Crippen molar-refractivity contribution in [3.8, 4) is 17.0 Å². The first-order valence-corrected chi connectivity index (χ1v) is 10.8. The molecular weight excluding hydrogens is 463 g/mol. The Balaban J connectivity index is 1.16. The number of carbonyl (C=O) groups is 1. The number of hydrogen-bond donors (Lipinski definition) is 1. The molecule has 0 aromatic carbocycles. The fourth-order valence-corrected chi connectivity index (χ4v) is 3.61. The lowest BCUT2D eigenvalue weighted by Gasteiger charge is -2.14. The van der Waals surface area contributed by atoms with Gasteiger partial charge in [-0.25, -0.2) is 9.97 Å². The van der Waals surface area contributed by atoms with Crippen LogP contribution in [0.2, 0.25) is 5.02 Å². The van der Waals surface area contributed by atoms with Crippen LogP contribution in [-0.2, 0) is 4.84 Å². The Morgan fingerprint density at radius 3 is 3.00 bits per heavy atom. The van der Waals surface area contributed by atoms with E-state index in [1.54, 1.807) is 47.3 Å². The monoisotopic (exact) mass is 480 g/mol. The zero-order valence-electron chi connectivity index (χ0n) is 17.7. The number of fused-ring (bicyclic) bond motifs is 1. The largest absolute Gasteiger partial charge is 0.487 e. The summed E-state index contributed by atoms with van der Waals surface area (Å²) in [6, 6.07) is 7.93. The molecule has 1 amide bonds. The summed E-state index contributed by atoms with van der Waals surface area (Å²) in [5, 5.41) is 7.30. The van der Waals surface area contributed by atoms with Crippen LogP contribution >= 0.6 is 11.6 Å². The van der Waals surface area contributed by atoms with E-state index in [2.05, 4.69) is 25.4 Å². The lowest BCUT2D eigenvalue weighted by atomic mass is 10.1. The zero-order chi connectivity index (χ0) is 23.5. The van der Waals surface area contributed by atoms with Gasteiger partial charge in [0, 0.05) is 49.0 Å². The van der Waals surface area contributed by atoms with Crippen LogP contribution in [0.5, 0.6) is 5.75 Å². The van der Waals surface area contributed by atoms with E-state index in [0.29, 0.717) is 39.7 Å². The third kappa shape index (κ3) is 4.81. The second-order valence-electron chi connectivity index (χ2n) is 7.56. The van der Waals surface area contributed by atoms with Crippen LogP contribution in [0.3, 0.4) is 0 Å². The second kappa shape index (κ2) is 9.44. The number of aromatic nitrogens is 4. The van der Waals surface area contributed by atoms with Crippen LogP contribution in [0.15, 0.2) is 66.5 Å². The number of oxime groups is 1. The summed E-state index contributed by atoms with van der Waals surface area (Å²) in [5.41, 5.74) is 3.05. The Morgan fingerprint density at radius 1 is 1.24 bits per heavy atom. The highest BCUT2D eigenvalue weighted by Gasteiger charge is 2.23. The molecule has 0 saturated heterocycles. The van der Waals surface area contributed by atoms with Crippen LogP contribution in [0.25, 0.3) is 16.9 Å². The summed E-state index contributed by atoms with van der Waals surface area (Å²) < 4.78 is 20.8. The van der Waals surface area contributed by atoms with E-state index in [9.17, 15) is 9.18 Å². The predicted molar refractivity (Wildman–Crippen MR) is 122 cm³/mol. The molecule has 0 saturated carbocycles. The lowest BCUT2D eigenvalue weighted by Crippen LogP contribution is -2.30. The van der Waals surface area contributed by atoms with E-state index in [1.165, 1.54) is 18.5 Å². The minimum absolute atomic E-state index is 0.182. The minimum atomic E-state index is -0.585. The van der Waals surface area contributed by atoms with Crippen molar-refractivity contribution in [2.24, 2.45) is 5.16 Å². The molecule has 9 nitrogen and oxygen atoms in total. The highest BCUT2D eigenvalue weighted by molar-refractivity contribution is 6.30. The maximum atomic E-state index is 13.2. The molecule has 0 aliphatic carbocycles. The normalized spacial score (nSPS) is 15.1. The number of halogens is 2. The Morgan fingerprint density at radius 2 is 2.15 bits per heavy atom. The summed E-state index contributed by atoms with van der Waals surface area (Å²) in [6.07, 6.45) is 8.16. The van der Waals surface area contributed by atoms with E-state index < -0.39 is 5.95 Å². The number of pyridine rings is 3. The molecule has 1 atom stereocenters. The summed E-state index contributed by atoms with van der Waals surface area (Å²) in [6.45, 7) is 0.435. The van der Waals surface area contributed by atoms with Crippen molar-refractivity contribution in [1.29, 1.82) is 0 Å². The van der Waals surface area contributed by atoms with Gasteiger partial charge < -0.3 is 19.3 Å². The number of nitrogens with one attached hydrogen (secondary N) is 1. The van der Waals surface area contributed by atoms with Crippen molar-refractivity contribution in [2.45, 2.75) is 12.5 Å². The molecular formula is C23H18ClFN6O3. The second-order valence-corrected chi connectivity index (χ2v) is 8.00. The van der Waals surface area contributed by atoms with Gasteiger partial charge in [0.05, 0.1) is 22.8 Å². The molecule has 0 spiro atoms. The molecule has 11 heteroatoms. The third-order valence-corrected chi connectivity index (χ3v) is 5.35. The number of carbonyl (C=O) groups excluding carboxylic acids is 1. The van der Waals surface area contributed by atoms with Gasteiger partial charge in [0.2, 0.25) is 5.95 Å². The first-order valence-electron chi connectivity index (χ1n) is 10.4. The number of imidazole rings is 1. The Labute approximate surface area is 198 Å². The summed E-state index contributed by atoms with van der Waals surface area (Å²) in [7, 11) is 0. The molecule has 0 bridgehead atoms. The maximum absolute atomic E-state index is 13.2. The van der Waals surface area contributed by atoms with Crippen LogP contribution in [-0.4, -0.2) is 50.2 Å². The summed E-state index contributed by atoms with van der Waals surface area (Å²) in [5.74, 6) is -0.389. The van der Waals surface area contributed by atoms with E-state index >= 15 is 0 Å². The van der Waals surface area contributed by atoms with E-state index in [4.69, 9.17) is 21.2 Å². The number of ether oxygens (including phenoxy) is 1. The fraction of sp³-hybridized carbons (Fsp3) is 0.174. The summed E-state index contributed by atoms with van der Waals surface area (Å²) in [4.78, 5) is 30.0. The molecule has 1 aliphatic heterocycles. The van der Waals surface area contributed by atoms with Crippen molar-refractivity contribution in [1.82, 2.24) is 24.7 Å². The van der Waals surface area contributed by atoms with Gasteiger partial charge in [0.15, 0.2) is 6.10 Å². The quantitative estimate of drug-likeness (QED) is 0.406. The predicted octanol–water partition coefficient (Wildman–Crippen LogP) is 3.54. The Kier molecular flexibility index (Phi) is 6.05. The van der Waals surface area contributed by atoms with E-state index in [0.717, 1.165) is 5.65 Å². The third-order valence-electron chi connectivity index (χ3n) is 5.14. The Bertz CT molecular complexity index is 1370. The molecule has 0 fully saturated rings. The van der Waals surface area contributed by atoms with Crippen molar-refractivity contribution in [3.63, 3.8) is 0 Å². The van der Waals surface area contributed by atoms with Crippen molar-refractivity contribution < 1.29 is 18.8 Å². The van der Waals surface area contributed by atoms with Crippen LogP contribution in [0, 0.1) is 5.95 Å². The molecule has 1 N–H and O–H groups in total. The summed E-state index contributed by atoms with van der Waals surface area (Å²) >= 11 is 6.08. The molecule has 172 valence electrons. The molecule has 1 unspecified atom stereocenters. The van der Waals surface area contributed by atoms with Gasteiger partial charge in [-0.3, -0.25) is 9.78 Å². The first-order chi connectivity index (χ1) is 16.5. The molecule has 4 aromatic heterocycles. The Hall–Kier alpha value is -4.05. The average Bonchev–Trinajstić information content (AvgIpc) is 3.51. The molecule has 5 rings (SSSR count). The lowest BCUT2D eigenvalue weighted by molar-refractivity contribution is 0.0471. The highest BCUT2D eigenvalue weighted by atomic mass is 35.5. The molecule has 34 heavy (non-hydrogen) atoms. The van der Waals surface area contributed by atoms with Gasteiger partial charge in [-0.05, 0) is 24.3 Å². The van der Waals surface area contributed by atoms with Crippen LogP contribution in [0.4, 0.5) is 4.39 Å². The molecule has 4 aromatic rings. The highest BCUT2D eigenvalue weighted by Crippen LogP contribution is 2.30. The fourth-order valence-electron chi connectivity index (χ4n) is 3.47. The van der Waals surface area contributed by atoms with E-state index in [1.807, 2.05) is 0 Å². The van der Waals surface area contributed by atoms with Gasteiger partial charge in [0.1, 0.15) is 23.7 Å². The zero-order valence-corrected chi connectivity index (χ0v) is 18.4. The SMILES string of the molecule is O=C(NCC1=NOC(COc2cc(Cl)cnc2-c2ccc(F)nc2)C1)c1ccc2nccn2c1. The number of rotatable bonds is 7. The minimum Gasteiger partial charge on any atom is -0.487 e. The van der Waals surface area contributed by atoms with E-state index in [-0.39, 0.29) is 25.2 Å². The van der Waals surface area contributed by atoms with Gasteiger partial charge >= 0.3 is 0 Å². The molecule has 1 aliphatic rings. The van der Waals surface area contributed by atoms with Crippen LogP contribution < -0.4 is 10.1 Å². The van der Waals surface area contributed by atoms with Crippen molar-refractivity contribution in [2.75, 3.05) is 13.2 Å². The number of amides is 1. The van der Waals surface area contributed by atoms with Gasteiger partial charge in [-0.2, -0.15) is 4.39 Å². The smallest absolute Gasteiger partial charge is 0.253 e. The van der Waals surface area contributed by atoms with Gasteiger partial charge in [-0.1, -0.05) is 16.8 Å². The van der Waals surface area contributed by atoms with Crippen molar-refractivity contribution in [3.05, 3.63) is 77.8 Å². The van der Waals surface area contributed by atoms with Gasteiger partial charge in [-0.15, -0.1) is 0 Å². The molecule has 0 radical (unpaired) electrons. The first kappa shape index (κ1) is 21.8.